The van der Waals surface area contributed by atoms with Gasteiger partial charge in [-0.15, -0.1) is 0 Å². The number of thiocarbonyl (C=S) groups is 1. The molecule has 7 nitrogen and oxygen atoms in total. The van der Waals surface area contributed by atoms with Crippen molar-refractivity contribution in [3.05, 3.63) is 32.6 Å². The summed E-state index contributed by atoms with van der Waals surface area (Å²) in [5.74, 6) is 0. The molecule has 1 aromatic heterocycles. The molecule has 0 aliphatic carbocycles. The van der Waals surface area contributed by atoms with Crippen LogP contribution in [0, 0.1) is 0 Å². The van der Waals surface area contributed by atoms with E-state index in [1.54, 1.807) is 6.92 Å². The van der Waals surface area contributed by atoms with Crippen molar-refractivity contribution < 1.29 is 14.9 Å². The summed E-state index contributed by atoms with van der Waals surface area (Å²) < 4.78 is 6.41. The maximum Gasteiger partial charge on any atom is 0.331 e. The quantitative estimate of drug-likeness (QED) is 0.607. The van der Waals surface area contributed by atoms with E-state index in [0.29, 0.717) is 12.0 Å². The summed E-state index contributed by atoms with van der Waals surface area (Å²) in [5, 5.41) is 18.9. The van der Waals surface area contributed by atoms with Gasteiger partial charge in [0.2, 0.25) is 0 Å². The van der Waals surface area contributed by atoms with Crippen molar-refractivity contribution in [2.75, 3.05) is 0 Å². The average Bonchev–Trinajstić information content (AvgIpc) is 2.35. The van der Waals surface area contributed by atoms with E-state index in [2.05, 4.69) is 4.98 Å². The summed E-state index contributed by atoms with van der Waals surface area (Å²) in [6.45, 7) is 1.78. The smallest absolute Gasteiger partial charge is 0.331 e. The van der Waals surface area contributed by atoms with E-state index in [9.17, 15) is 19.8 Å². The van der Waals surface area contributed by atoms with Crippen molar-refractivity contribution >= 4 is 17.3 Å². The first-order valence-electron chi connectivity index (χ1n) is 5.85. The number of nitrogens with one attached hydrogen (secondary N) is 1. The van der Waals surface area contributed by atoms with Gasteiger partial charge in [-0.05, 0) is 18.6 Å². The minimum atomic E-state index is -1.24. The largest absolute Gasteiger partial charge is 0.460 e. The number of H-pyrrole nitrogens is 1. The highest BCUT2D eigenvalue weighted by atomic mass is 32.1. The Hall–Kier alpha value is -1.51. The van der Waals surface area contributed by atoms with Crippen LogP contribution in [0.25, 0.3) is 0 Å². The van der Waals surface area contributed by atoms with Gasteiger partial charge in [-0.3, -0.25) is 14.3 Å². The molecule has 0 unspecified atom stereocenters. The molecule has 3 N–H and O–H groups in total. The van der Waals surface area contributed by atoms with Crippen LogP contribution in [0.2, 0.25) is 0 Å². The normalized spacial score (nSPS) is 27.1. The highest BCUT2D eigenvalue weighted by molar-refractivity contribution is 7.80. The van der Waals surface area contributed by atoms with Gasteiger partial charge >= 0.3 is 5.69 Å². The molecule has 0 bridgehead atoms. The van der Waals surface area contributed by atoms with Crippen molar-refractivity contribution in [1.82, 2.24) is 9.55 Å². The minimum Gasteiger partial charge on any atom is -0.460 e. The van der Waals surface area contributed by atoms with Gasteiger partial charge in [0.15, 0.2) is 11.3 Å². The second-order valence-electron chi connectivity index (χ2n) is 4.31. The standard InChI is InChI=1S/C11H14N2O5S/c1-2-5-4-13(11(17)12-9(5)16)7-3-6(14)8(15)10(19)18-7/h4,6-8,14-15H,2-3H2,1H3,(H,12,16,17)/t6-,7+,8+/m0/s1. The molecule has 0 aromatic carbocycles. The zero-order valence-electron chi connectivity index (χ0n) is 10.2. The van der Waals surface area contributed by atoms with Crippen LogP contribution in [0.4, 0.5) is 0 Å². The number of hydrogen-bond acceptors (Lipinski definition) is 6. The molecule has 1 aliphatic rings. The molecule has 2 rings (SSSR count). The first kappa shape index (κ1) is 13.9. The second kappa shape index (κ2) is 5.24. The molecular weight excluding hydrogens is 272 g/mol. The monoisotopic (exact) mass is 286 g/mol. The lowest BCUT2D eigenvalue weighted by molar-refractivity contribution is -0.0472. The van der Waals surface area contributed by atoms with Gasteiger partial charge in [0, 0.05) is 18.2 Å². The maximum atomic E-state index is 11.7. The Morgan fingerprint density at radius 2 is 2.21 bits per heavy atom. The van der Waals surface area contributed by atoms with Crippen molar-refractivity contribution in [1.29, 1.82) is 0 Å². The van der Waals surface area contributed by atoms with E-state index in [0.717, 1.165) is 0 Å². The number of aliphatic hydroxyl groups is 2. The lowest BCUT2D eigenvalue weighted by Crippen LogP contribution is -2.45. The van der Waals surface area contributed by atoms with Crippen molar-refractivity contribution in [2.45, 2.75) is 38.2 Å². The molecule has 0 amide bonds. The van der Waals surface area contributed by atoms with E-state index in [-0.39, 0.29) is 11.5 Å². The van der Waals surface area contributed by atoms with Gasteiger partial charge in [0.25, 0.3) is 5.56 Å². The van der Waals surface area contributed by atoms with E-state index in [1.165, 1.54) is 10.8 Å². The average molecular weight is 286 g/mol. The van der Waals surface area contributed by atoms with Gasteiger partial charge in [-0.1, -0.05) is 6.92 Å². The third kappa shape index (κ3) is 2.60. The number of rotatable bonds is 2. The number of nitrogens with zero attached hydrogens (tertiary/aromatic N) is 1. The maximum absolute atomic E-state index is 11.7. The Bertz CT molecular complexity index is 608. The van der Waals surface area contributed by atoms with Gasteiger partial charge < -0.3 is 14.9 Å². The Labute approximate surface area is 113 Å². The fraction of sp³-hybridized carbons (Fsp3) is 0.545. The first-order valence-corrected chi connectivity index (χ1v) is 6.25. The summed E-state index contributed by atoms with van der Waals surface area (Å²) >= 11 is 4.79. The summed E-state index contributed by atoms with van der Waals surface area (Å²) in [6.07, 6.45) is -1.32. The first-order chi connectivity index (χ1) is 8.93. The number of aromatic amines is 1. The Kier molecular flexibility index (Phi) is 3.83. The SMILES string of the molecule is CCc1cn([C@H]2C[C@H](O)[C@@H](O)C(=S)O2)c(=O)[nH]c1=O. The number of ether oxygens (including phenoxy) is 1. The number of hydrogen-bond donors (Lipinski definition) is 3. The fourth-order valence-electron chi connectivity index (χ4n) is 1.91. The summed E-state index contributed by atoms with van der Waals surface area (Å²) in [4.78, 5) is 25.4. The lowest BCUT2D eigenvalue weighted by Gasteiger charge is -2.32. The molecule has 0 saturated carbocycles. The predicted molar refractivity (Wildman–Crippen MR) is 70.1 cm³/mol. The van der Waals surface area contributed by atoms with E-state index in [1.807, 2.05) is 0 Å². The minimum absolute atomic E-state index is 0.0103. The van der Waals surface area contributed by atoms with Crippen LogP contribution >= 0.6 is 12.2 Å². The molecule has 2 heterocycles. The van der Waals surface area contributed by atoms with E-state index in [4.69, 9.17) is 17.0 Å². The van der Waals surface area contributed by atoms with Gasteiger partial charge in [-0.2, -0.15) is 0 Å². The van der Waals surface area contributed by atoms with Crippen LogP contribution in [0.5, 0.6) is 0 Å². The Morgan fingerprint density at radius 3 is 2.79 bits per heavy atom. The predicted octanol–water partition coefficient (Wildman–Crippen LogP) is -0.933. The van der Waals surface area contributed by atoms with Crippen LogP contribution in [0.1, 0.15) is 25.1 Å². The van der Waals surface area contributed by atoms with Crippen LogP contribution < -0.4 is 11.2 Å². The zero-order valence-corrected chi connectivity index (χ0v) is 11.0. The van der Waals surface area contributed by atoms with Gasteiger partial charge in [-0.25, -0.2) is 4.79 Å². The highest BCUT2D eigenvalue weighted by Gasteiger charge is 2.34. The molecule has 104 valence electrons. The molecule has 19 heavy (non-hydrogen) atoms. The second-order valence-corrected chi connectivity index (χ2v) is 4.72. The molecule has 1 fully saturated rings. The summed E-state index contributed by atoms with van der Waals surface area (Å²) in [6, 6.07) is 0. The topological polar surface area (TPSA) is 105 Å². The van der Waals surface area contributed by atoms with Gasteiger partial charge in [0.05, 0.1) is 6.10 Å². The summed E-state index contributed by atoms with van der Waals surface area (Å²) in [7, 11) is 0. The molecule has 0 radical (unpaired) electrons. The van der Waals surface area contributed by atoms with Crippen molar-refractivity contribution in [3.8, 4) is 0 Å². The lowest BCUT2D eigenvalue weighted by atomic mass is 10.1. The molecule has 0 spiro atoms. The number of aliphatic hydroxyl groups excluding tert-OH is 2. The van der Waals surface area contributed by atoms with E-state index >= 15 is 0 Å². The Morgan fingerprint density at radius 1 is 1.53 bits per heavy atom. The Balaban J connectivity index is 2.40. The molecule has 1 saturated heterocycles. The summed E-state index contributed by atoms with van der Waals surface area (Å²) in [5.41, 5.74) is -0.656. The van der Waals surface area contributed by atoms with Gasteiger partial charge in [0.1, 0.15) is 6.10 Å². The van der Waals surface area contributed by atoms with Crippen LogP contribution in [-0.4, -0.2) is 37.0 Å². The van der Waals surface area contributed by atoms with Crippen molar-refractivity contribution in [2.24, 2.45) is 0 Å². The highest BCUT2D eigenvalue weighted by Crippen LogP contribution is 2.23. The molecule has 1 aliphatic heterocycles. The fourth-order valence-corrected chi connectivity index (χ4v) is 2.18. The molecular formula is C11H14N2O5S. The molecule has 3 atom stereocenters. The van der Waals surface area contributed by atoms with E-state index < -0.39 is 29.7 Å². The van der Waals surface area contributed by atoms with Crippen LogP contribution in [0.3, 0.4) is 0 Å². The van der Waals surface area contributed by atoms with Crippen LogP contribution in [-0.2, 0) is 11.2 Å². The molecule has 1 aromatic rings. The third-order valence-corrected chi connectivity index (χ3v) is 3.37. The third-order valence-electron chi connectivity index (χ3n) is 3.03. The number of aryl methyl sites for hydroxylation is 1. The number of aromatic nitrogens is 2. The van der Waals surface area contributed by atoms with Crippen molar-refractivity contribution in [3.63, 3.8) is 0 Å². The zero-order chi connectivity index (χ0) is 14.2. The molecule has 8 heteroatoms. The van der Waals surface area contributed by atoms with Crippen LogP contribution in [0.15, 0.2) is 15.8 Å².